The summed E-state index contributed by atoms with van der Waals surface area (Å²) in [7, 11) is 0. The highest BCUT2D eigenvalue weighted by molar-refractivity contribution is 4.99. The van der Waals surface area contributed by atoms with E-state index < -0.39 is 24.0 Å². The van der Waals surface area contributed by atoms with Gasteiger partial charge in [-0.05, 0) is 27.7 Å². The molecule has 0 aromatic rings. The second kappa shape index (κ2) is 3.88. The molecule has 3 fully saturated rings. The van der Waals surface area contributed by atoms with Crippen LogP contribution in [-0.4, -0.2) is 54.0 Å². The van der Waals surface area contributed by atoms with E-state index in [1.165, 1.54) is 0 Å². The summed E-state index contributed by atoms with van der Waals surface area (Å²) >= 11 is 0. The molecule has 0 radical (unpaired) electrons. The minimum atomic E-state index is -0.708. The number of aliphatic hydroxyl groups is 1. The Balaban J connectivity index is 1.86. The van der Waals surface area contributed by atoms with E-state index in [0.717, 1.165) is 0 Å². The van der Waals surface area contributed by atoms with E-state index in [1.54, 1.807) is 0 Å². The quantitative estimate of drug-likeness (QED) is 0.735. The number of hydrogen-bond donors (Lipinski definition) is 1. The van der Waals surface area contributed by atoms with Gasteiger partial charge in [-0.3, -0.25) is 0 Å². The summed E-state index contributed by atoms with van der Waals surface area (Å²) in [6.45, 7) is 7.22. The topological polar surface area (TPSA) is 66.4 Å². The Hall–Kier alpha value is -0.240. The normalized spacial score (nSPS) is 48.8. The average Bonchev–Trinajstić information content (AvgIpc) is 2.71. The minimum Gasteiger partial charge on any atom is -0.394 e. The molecular formula is C12H20O6. The van der Waals surface area contributed by atoms with Crippen molar-refractivity contribution in [3.8, 4) is 0 Å². The molecule has 104 valence electrons. The summed E-state index contributed by atoms with van der Waals surface area (Å²) in [5.41, 5.74) is 0. The predicted molar refractivity (Wildman–Crippen MR) is 59.6 cm³/mol. The first-order chi connectivity index (χ1) is 8.31. The highest BCUT2D eigenvalue weighted by Crippen LogP contribution is 2.43. The number of hydrogen-bond acceptors (Lipinski definition) is 6. The van der Waals surface area contributed by atoms with Gasteiger partial charge in [-0.2, -0.15) is 0 Å². The molecule has 3 aliphatic rings. The van der Waals surface area contributed by atoms with Crippen LogP contribution >= 0.6 is 0 Å². The molecule has 0 spiro atoms. The van der Waals surface area contributed by atoms with Gasteiger partial charge in [-0.25, -0.2) is 0 Å². The molecule has 0 saturated carbocycles. The van der Waals surface area contributed by atoms with Crippen molar-refractivity contribution >= 4 is 0 Å². The number of fused-ring (bicyclic) bond motifs is 3. The van der Waals surface area contributed by atoms with Crippen LogP contribution < -0.4 is 0 Å². The third-order valence-corrected chi connectivity index (χ3v) is 3.43. The van der Waals surface area contributed by atoms with Gasteiger partial charge in [0.05, 0.1) is 6.61 Å². The molecule has 6 heteroatoms. The second-order valence-corrected chi connectivity index (χ2v) is 5.89. The lowest BCUT2D eigenvalue weighted by atomic mass is 9.99. The molecule has 18 heavy (non-hydrogen) atoms. The standard InChI is InChI=1S/C12H20O6/c1-11(2)15-7-6(5-13)14-10-9(8(7)16-11)17-12(3,4)18-10/h6-10,13H,5H2,1-4H3/t6-,7-,8+,9-,10+/m1/s1. The lowest BCUT2D eigenvalue weighted by Gasteiger charge is -2.36. The van der Waals surface area contributed by atoms with Crippen molar-refractivity contribution in [1.82, 2.24) is 0 Å². The Morgan fingerprint density at radius 3 is 2.06 bits per heavy atom. The fourth-order valence-corrected chi connectivity index (χ4v) is 2.84. The summed E-state index contributed by atoms with van der Waals surface area (Å²) < 4.78 is 28.9. The molecular weight excluding hydrogens is 240 g/mol. The molecule has 0 aliphatic carbocycles. The molecule has 0 bridgehead atoms. The van der Waals surface area contributed by atoms with Gasteiger partial charge in [0.15, 0.2) is 17.9 Å². The summed E-state index contributed by atoms with van der Waals surface area (Å²) in [6, 6.07) is 0. The smallest absolute Gasteiger partial charge is 0.190 e. The molecule has 3 aliphatic heterocycles. The van der Waals surface area contributed by atoms with E-state index in [2.05, 4.69) is 0 Å². The van der Waals surface area contributed by atoms with Crippen molar-refractivity contribution in [2.45, 2.75) is 70.0 Å². The minimum absolute atomic E-state index is 0.131. The van der Waals surface area contributed by atoms with Crippen molar-refractivity contribution < 1.29 is 28.8 Å². The van der Waals surface area contributed by atoms with Gasteiger partial charge in [0.2, 0.25) is 0 Å². The first kappa shape index (κ1) is 12.8. The molecule has 3 rings (SSSR count). The molecule has 5 atom stereocenters. The number of rotatable bonds is 1. The lowest BCUT2D eigenvalue weighted by molar-refractivity contribution is -0.240. The Labute approximate surface area is 106 Å². The Morgan fingerprint density at radius 1 is 0.833 bits per heavy atom. The van der Waals surface area contributed by atoms with E-state index in [4.69, 9.17) is 23.7 Å². The molecule has 1 N–H and O–H groups in total. The van der Waals surface area contributed by atoms with Gasteiger partial charge < -0.3 is 28.8 Å². The lowest BCUT2D eigenvalue weighted by Crippen LogP contribution is -2.56. The zero-order chi connectivity index (χ0) is 13.1. The van der Waals surface area contributed by atoms with Crippen LogP contribution in [-0.2, 0) is 23.7 Å². The molecule has 3 saturated heterocycles. The monoisotopic (exact) mass is 260 g/mol. The molecule has 6 nitrogen and oxygen atoms in total. The second-order valence-electron chi connectivity index (χ2n) is 5.89. The highest BCUT2D eigenvalue weighted by Gasteiger charge is 2.60. The van der Waals surface area contributed by atoms with Gasteiger partial charge in [-0.1, -0.05) is 0 Å². The van der Waals surface area contributed by atoms with Gasteiger partial charge in [0.1, 0.15) is 24.4 Å². The molecule has 0 amide bonds. The Kier molecular flexibility index (Phi) is 2.75. The zero-order valence-corrected chi connectivity index (χ0v) is 11.1. The van der Waals surface area contributed by atoms with Gasteiger partial charge >= 0.3 is 0 Å². The van der Waals surface area contributed by atoms with E-state index in [1.807, 2.05) is 27.7 Å². The van der Waals surface area contributed by atoms with Crippen LogP contribution in [0.25, 0.3) is 0 Å². The fourth-order valence-electron chi connectivity index (χ4n) is 2.84. The first-order valence-corrected chi connectivity index (χ1v) is 6.29. The average molecular weight is 260 g/mol. The van der Waals surface area contributed by atoms with Crippen LogP contribution in [0.1, 0.15) is 27.7 Å². The zero-order valence-electron chi connectivity index (χ0n) is 11.1. The highest BCUT2D eigenvalue weighted by atomic mass is 16.9. The van der Waals surface area contributed by atoms with Crippen LogP contribution in [0.3, 0.4) is 0 Å². The molecule has 0 unspecified atom stereocenters. The van der Waals surface area contributed by atoms with Crippen molar-refractivity contribution in [2.75, 3.05) is 6.61 Å². The van der Waals surface area contributed by atoms with E-state index in [0.29, 0.717) is 0 Å². The Morgan fingerprint density at radius 2 is 1.39 bits per heavy atom. The fraction of sp³-hybridized carbons (Fsp3) is 1.00. The van der Waals surface area contributed by atoms with E-state index >= 15 is 0 Å². The third-order valence-electron chi connectivity index (χ3n) is 3.43. The number of ether oxygens (including phenoxy) is 5. The van der Waals surface area contributed by atoms with Crippen LogP contribution in [0, 0.1) is 0 Å². The van der Waals surface area contributed by atoms with Gasteiger partial charge in [-0.15, -0.1) is 0 Å². The van der Waals surface area contributed by atoms with Gasteiger partial charge in [0.25, 0.3) is 0 Å². The molecule has 0 aromatic carbocycles. The van der Waals surface area contributed by atoms with Crippen LogP contribution in [0.15, 0.2) is 0 Å². The summed E-state index contributed by atoms with van der Waals surface area (Å²) in [5.74, 6) is -1.41. The van der Waals surface area contributed by atoms with E-state index in [-0.39, 0.29) is 24.9 Å². The van der Waals surface area contributed by atoms with E-state index in [9.17, 15) is 5.11 Å². The van der Waals surface area contributed by atoms with Gasteiger partial charge in [0, 0.05) is 0 Å². The van der Waals surface area contributed by atoms with Crippen molar-refractivity contribution in [3.05, 3.63) is 0 Å². The maximum Gasteiger partial charge on any atom is 0.190 e. The molecule has 0 aromatic heterocycles. The Bertz CT molecular complexity index is 341. The summed E-state index contributed by atoms with van der Waals surface area (Å²) in [4.78, 5) is 0. The SMILES string of the molecule is CC1(C)O[C@@H]2O[C@H](CO)[C@H]3OC(C)(C)O[C@@H]3[C@H]2O1. The van der Waals surface area contributed by atoms with Crippen LogP contribution in [0.2, 0.25) is 0 Å². The van der Waals surface area contributed by atoms with Crippen molar-refractivity contribution in [2.24, 2.45) is 0 Å². The largest absolute Gasteiger partial charge is 0.394 e. The maximum atomic E-state index is 9.40. The summed E-state index contributed by atoms with van der Waals surface area (Å²) in [5, 5.41) is 9.40. The maximum absolute atomic E-state index is 9.40. The van der Waals surface area contributed by atoms with Crippen LogP contribution in [0.5, 0.6) is 0 Å². The van der Waals surface area contributed by atoms with Crippen molar-refractivity contribution in [3.63, 3.8) is 0 Å². The third kappa shape index (κ3) is 1.97. The molecule has 3 heterocycles. The first-order valence-electron chi connectivity index (χ1n) is 6.29. The summed E-state index contributed by atoms with van der Waals surface area (Å²) in [6.07, 6.45) is -1.90. The van der Waals surface area contributed by atoms with Crippen LogP contribution in [0.4, 0.5) is 0 Å². The van der Waals surface area contributed by atoms with Crippen molar-refractivity contribution in [1.29, 1.82) is 0 Å². The predicted octanol–water partition coefficient (Wildman–Crippen LogP) is 0.375. The number of aliphatic hydroxyl groups excluding tert-OH is 1.